The molecule has 2 aliphatic heterocycles. The number of carbonyl (C=O) groups excluding carboxylic acids is 2. The predicted octanol–water partition coefficient (Wildman–Crippen LogP) is 2.24. The molecule has 4 rings (SSSR count). The summed E-state index contributed by atoms with van der Waals surface area (Å²) in [5, 5.41) is 9.62. The van der Waals surface area contributed by atoms with E-state index in [2.05, 4.69) is 0 Å². The third-order valence-corrected chi connectivity index (χ3v) is 6.78. The highest BCUT2D eigenvalue weighted by atomic mass is 16.4. The molecular formula is C22H28N2O4. The zero-order valence-corrected chi connectivity index (χ0v) is 16.4. The van der Waals surface area contributed by atoms with Crippen LogP contribution in [0.3, 0.4) is 0 Å². The first-order valence-corrected chi connectivity index (χ1v) is 10.2. The smallest absolute Gasteiger partial charge is 0.326 e. The summed E-state index contributed by atoms with van der Waals surface area (Å²) >= 11 is 0. The molecule has 0 unspecified atom stereocenters. The van der Waals surface area contributed by atoms with Crippen molar-refractivity contribution in [2.45, 2.75) is 51.5 Å². The Morgan fingerprint density at radius 1 is 1.14 bits per heavy atom. The van der Waals surface area contributed by atoms with Crippen LogP contribution >= 0.6 is 0 Å². The number of aryl methyl sites for hydroxylation is 1. The van der Waals surface area contributed by atoms with Gasteiger partial charge in [0.15, 0.2) is 0 Å². The Balaban J connectivity index is 1.39. The molecule has 6 nitrogen and oxygen atoms in total. The number of amides is 2. The Morgan fingerprint density at radius 3 is 2.43 bits per heavy atom. The van der Waals surface area contributed by atoms with Gasteiger partial charge < -0.3 is 14.9 Å². The van der Waals surface area contributed by atoms with E-state index in [1.165, 1.54) is 0 Å². The van der Waals surface area contributed by atoms with Gasteiger partial charge in [-0.2, -0.15) is 0 Å². The maximum atomic E-state index is 12.7. The van der Waals surface area contributed by atoms with Gasteiger partial charge in [-0.15, -0.1) is 0 Å². The topological polar surface area (TPSA) is 77.9 Å². The summed E-state index contributed by atoms with van der Waals surface area (Å²) in [5.74, 6) is -0.720. The van der Waals surface area contributed by atoms with Crippen LogP contribution in [0, 0.1) is 18.3 Å². The van der Waals surface area contributed by atoms with Crippen LogP contribution in [0.5, 0.6) is 0 Å². The van der Waals surface area contributed by atoms with E-state index < -0.39 is 12.0 Å². The van der Waals surface area contributed by atoms with Gasteiger partial charge in [0.1, 0.15) is 6.04 Å². The standard InChI is InChI=1S/C22H28N2O4/c1-15-4-2-3-5-17(15)12-19(25)23-10-8-22(9-11-23)13-18(21(27)28)24(14-22)20(26)16-6-7-16/h2-5,16,18H,6-14H2,1H3,(H,27,28)/t18-/m1/s1. The lowest BCUT2D eigenvalue weighted by atomic mass is 9.76. The van der Waals surface area contributed by atoms with Gasteiger partial charge >= 0.3 is 5.97 Å². The molecule has 1 aromatic rings. The first kappa shape index (κ1) is 19.0. The lowest BCUT2D eigenvalue weighted by Gasteiger charge is -2.39. The minimum absolute atomic E-state index is 0.0160. The van der Waals surface area contributed by atoms with Crippen molar-refractivity contribution in [1.82, 2.24) is 9.80 Å². The van der Waals surface area contributed by atoms with Crippen LogP contribution in [0.4, 0.5) is 0 Å². The zero-order valence-electron chi connectivity index (χ0n) is 16.4. The average Bonchev–Trinajstić information content (AvgIpc) is 3.46. The van der Waals surface area contributed by atoms with Gasteiger partial charge in [-0.1, -0.05) is 24.3 Å². The Bertz CT molecular complexity index is 793. The Kier molecular flexibility index (Phi) is 4.89. The monoisotopic (exact) mass is 384 g/mol. The van der Waals surface area contributed by atoms with Gasteiger partial charge in [0.2, 0.25) is 11.8 Å². The van der Waals surface area contributed by atoms with Crippen LogP contribution in [0.15, 0.2) is 24.3 Å². The first-order valence-electron chi connectivity index (χ1n) is 10.2. The zero-order chi connectivity index (χ0) is 19.9. The summed E-state index contributed by atoms with van der Waals surface area (Å²) in [6.45, 7) is 3.83. The summed E-state index contributed by atoms with van der Waals surface area (Å²) in [6.07, 6.45) is 4.23. The lowest BCUT2D eigenvalue weighted by Crippen LogP contribution is -2.45. The number of aliphatic carboxylic acids is 1. The van der Waals surface area contributed by atoms with E-state index in [9.17, 15) is 19.5 Å². The van der Waals surface area contributed by atoms with E-state index in [1.807, 2.05) is 36.1 Å². The van der Waals surface area contributed by atoms with Gasteiger partial charge in [0, 0.05) is 25.6 Å². The molecular weight excluding hydrogens is 356 g/mol. The van der Waals surface area contributed by atoms with Gasteiger partial charge in [-0.3, -0.25) is 9.59 Å². The molecule has 1 atom stereocenters. The minimum atomic E-state index is -0.899. The van der Waals surface area contributed by atoms with Gasteiger partial charge in [0.05, 0.1) is 6.42 Å². The van der Waals surface area contributed by atoms with Crippen LogP contribution in [-0.2, 0) is 20.8 Å². The fourth-order valence-corrected chi connectivity index (χ4v) is 4.75. The summed E-state index contributed by atoms with van der Waals surface area (Å²) < 4.78 is 0. The van der Waals surface area contributed by atoms with Crippen molar-refractivity contribution in [3.05, 3.63) is 35.4 Å². The number of hydrogen-bond donors (Lipinski definition) is 1. The van der Waals surface area contributed by atoms with Crippen LogP contribution in [0.1, 0.15) is 43.2 Å². The van der Waals surface area contributed by atoms with Crippen molar-refractivity contribution < 1.29 is 19.5 Å². The number of carboxylic acids is 1. The largest absolute Gasteiger partial charge is 0.480 e. The molecule has 0 bridgehead atoms. The van der Waals surface area contributed by atoms with Crippen LogP contribution in [-0.4, -0.2) is 58.4 Å². The molecule has 6 heteroatoms. The molecule has 3 aliphatic rings. The summed E-state index contributed by atoms with van der Waals surface area (Å²) in [6, 6.07) is 7.24. The molecule has 1 N–H and O–H groups in total. The van der Waals surface area contributed by atoms with Crippen molar-refractivity contribution in [3.63, 3.8) is 0 Å². The second-order valence-corrected chi connectivity index (χ2v) is 8.78. The number of piperidine rings is 1. The average molecular weight is 384 g/mol. The number of carboxylic acid groups (broad SMARTS) is 1. The van der Waals surface area contributed by atoms with E-state index in [-0.39, 0.29) is 23.1 Å². The van der Waals surface area contributed by atoms with Crippen molar-refractivity contribution >= 4 is 17.8 Å². The number of carbonyl (C=O) groups is 3. The maximum absolute atomic E-state index is 12.7. The molecule has 2 heterocycles. The van der Waals surface area contributed by atoms with E-state index >= 15 is 0 Å². The summed E-state index contributed by atoms with van der Waals surface area (Å²) in [4.78, 5) is 40.5. The second-order valence-electron chi connectivity index (χ2n) is 8.78. The lowest BCUT2D eigenvalue weighted by molar-refractivity contribution is -0.148. The molecule has 28 heavy (non-hydrogen) atoms. The van der Waals surface area contributed by atoms with Gasteiger partial charge in [-0.05, 0) is 55.6 Å². The fraction of sp³-hybridized carbons (Fsp3) is 0.591. The quantitative estimate of drug-likeness (QED) is 0.864. The predicted molar refractivity (Wildman–Crippen MR) is 104 cm³/mol. The molecule has 1 aromatic carbocycles. The van der Waals surface area contributed by atoms with Crippen LogP contribution < -0.4 is 0 Å². The molecule has 2 saturated heterocycles. The molecule has 1 spiro atoms. The molecule has 1 saturated carbocycles. The number of rotatable bonds is 4. The van der Waals surface area contributed by atoms with Crippen molar-refractivity contribution in [1.29, 1.82) is 0 Å². The Hall–Kier alpha value is -2.37. The highest BCUT2D eigenvalue weighted by Crippen LogP contribution is 2.45. The molecule has 3 fully saturated rings. The third kappa shape index (κ3) is 3.64. The van der Waals surface area contributed by atoms with E-state index in [0.29, 0.717) is 32.5 Å². The van der Waals surface area contributed by atoms with E-state index in [1.54, 1.807) is 4.90 Å². The minimum Gasteiger partial charge on any atom is -0.480 e. The van der Waals surface area contributed by atoms with Crippen molar-refractivity contribution in [2.24, 2.45) is 11.3 Å². The summed E-state index contributed by atoms with van der Waals surface area (Å²) in [7, 11) is 0. The SMILES string of the molecule is Cc1ccccc1CC(=O)N1CCC2(CC1)C[C@H](C(=O)O)N(C(=O)C1CC1)C2. The highest BCUT2D eigenvalue weighted by molar-refractivity contribution is 5.87. The Morgan fingerprint density at radius 2 is 1.82 bits per heavy atom. The highest BCUT2D eigenvalue weighted by Gasteiger charge is 2.52. The molecule has 2 amide bonds. The van der Waals surface area contributed by atoms with Crippen molar-refractivity contribution in [2.75, 3.05) is 19.6 Å². The molecule has 0 aromatic heterocycles. The van der Waals surface area contributed by atoms with E-state index in [4.69, 9.17) is 0 Å². The second kappa shape index (κ2) is 7.22. The van der Waals surface area contributed by atoms with Crippen molar-refractivity contribution in [3.8, 4) is 0 Å². The van der Waals surface area contributed by atoms with E-state index in [0.717, 1.165) is 36.8 Å². The maximum Gasteiger partial charge on any atom is 0.326 e. The first-order chi connectivity index (χ1) is 13.4. The Labute approximate surface area is 165 Å². The summed E-state index contributed by atoms with van der Waals surface area (Å²) in [5.41, 5.74) is 2.02. The number of likely N-dealkylation sites (tertiary alicyclic amines) is 2. The third-order valence-electron chi connectivity index (χ3n) is 6.78. The van der Waals surface area contributed by atoms with Gasteiger partial charge in [-0.25, -0.2) is 4.79 Å². The molecule has 0 radical (unpaired) electrons. The van der Waals surface area contributed by atoms with Crippen LogP contribution in [0.2, 0.25) is 0 Å². The van der Waals surface area contributed by atoms with Gasteiger partial charge in [0.25, 0.3) is 0 Å². The number of benzene rings is 1. The number of hydrogen-bond acceptors (Lipinski definition) is 3. The normalized spacial score (nSPS) is 23.8. The van der Waals surface area contributed by atoms with Crippen LogP contribution in [0.25, 0.3) is 0 Å². The molecule has 1 aliphatic carbocycles. The fourth-order valence-electron chi connectivity index (χ4n) is 4.75. The molecule has 150 valence electrons. The number of nitrogens with zero attached hydrogens (tertiary/aromatic N) is 2.